The molecule has 2 aliphatic carbocycles. The van der Waals surface area contributed by atoms with Crippen molar-refractivity contribution in [2.45, 2.75) is 75.9 Å². The number of hydrogen-bond acceptors (Lipinski definition) is 2. The predicted octanol–water partition coefficient (Wildman–Crippen LogP) is 4.49. The fourth-order valence-corrected chi connectivity index (χ4v) is 6.95. The highest BCUT2D eigenvalue weighted by Crippen LogP contribution is 2.38. The summed E-state index contributed by atoms with van der Waals surface area (Å²) in [6, 6.07) is 0.685. The summed E-state index contributed by atoms with van der Waals surface area (Å²) in [5.74, 6) is 0. The van der Waals surface area contributed by atoms with Gasteiger partial charge in [0.1, 0.15) is 7.22 Å². The van der Waals surface area contributed by atoms with Crippen LogP contribution in [0.3, 0.4) is 0 Å². The molecule has 16 heavy (non-hydrogen) atoms. The standard InChI is InChI=1S/C13H25NSSi/c1-16(2,3)15-13-10-12(13)14-11-8-6-4-5-7-9-11/h11,13H,4-10H2,1-3H3. The molecule has 2 aliphatic rings. The Morgan fingerprint density at radius 2 is 1.69 bits per heavy atom. The molecular formula is C13H25NSSi. The van der Waals surface area contributed by atoms with Crippen LogP contribution in [0.1, 0.15) is 44.9 Å². The van der Waals surface area contributed by atoms with Crippen LogP contribution in [0, 0.1) is 0 Å². The summed E-state index contributed by atoms with van der Waals surface area (Å²) in [7, 11) is -0.939. The van der Waals surface area contributed by atoms with Gasteiger partial charge in [0.05, 0.1) is 0 Å². The van der Waals surface area contributed by atoms with Crippen molar-refractivity contribution in [3.8, 4) is 0 Å². The van der Waals surface area contributed by atoms with Crippen molar-refractivity contribution in [3.63, 3.8) is 0 Å². The van der Waals surface area contributed by atoms with Crippen molar-refractivity contribution in [3.05, 3.63) is 0 Å². The highest BCUT2D eigenvalue weighted by Gasteiger charge is 2.37. The molecule has 2 saturated carbocycles. The number of hydrogen-bond donors (Lipinski definition) is 0. The van der Waals surface area contributed by atoms with Gasteiger partial charge in [-0.3, -0.25) is 4.99 Å². The van der Waals surface area contributed by atoms with Crippen molar-refractivity contribution < 1.29 is 0 Å². The van der Waals surface area contributed by atoms with Crippen molar-refractivity contribution in [2.75, 3.05) is 0 Å². The molecule has 1 atom stereocenters. The van der Waals surface area contributed by atoms with Gasteiger partial charge in [0.25, 0.3) is 0 Å². The van der Waals surface area contributed by atoms with Crippen LogP contribution in [0.5, 0.6) is 0 Å². The Kier molecular flexibility index (Phi) is 4.17. The van der Waals surface area contributed by atoms with Crippen LogP contribution in [0.15, 0.2) is 4.99 Å². The van der Waals surface area contributed by atoms with Crippen LogP contribution in [-0.4, -0.2) is 24.2 Å². The van der Waals surface area contributed by atoms with E-state index < -0.39 is 7.22 Å². The summed E-state index contributed by atoms with van der Waals surface area (Å²) >= 11 is 2.23. The first-order valence-electron chi connectivity index (χ1n) is 6.79. The lowest BCUT2D eigenvalue weighted by atomic mass is 10.1. The van der Waals surface area contributed by atoms with E-state index in [2.05, 4.69) is 30.9 Å². The average molecular weight is 256 g/mol. The monoisotopic (exact) mass is 255 g/mol. The van der Waals surface area contributed by atoms with Gasteiger partial charge in [0, 0.05) is 23.4 Å². The lowest BCUT2D eigenvalue weighted by Gasteiger charge is -2.13. The summed E-state index contributed by atoms with van der Waals surface area (Å²) in [4.78, 5) is 4.99. The molecule has 0 bridgehead atoms. The maximum absolute atomic E-state index is 4.99. The van der Waals surface area contributed by atoms with Gasteiger partial charge >= 0.3 is 0 Å². The molecule has 1 unspecified atom stereocenters. The minimum atomic E-state index is -0.939. The lowest BCUT2D eigenvalue weighted by molar-refractivity contribution is 0.587. The largest absolute Gasteiger partial charge is 0.290 e. The van der Waals surface area contributed by atoms with E-state index in [1.165, 1.54) is 44.9 Å². The van der Waals surface area contributed by atoms with Gasteiger partial charge in [-0.25, -0.2) is 0 Å². The van der Waals surface area contributed by atoms with Crippen LogP contribution in [-0.2, 0) is 0 Å². The van der Waals surface area contributed by atoms with Gasteiger partial charge in [-0.2, -0.15) is 11.2 Å². The van der Waals surface area contributed by atoms with E-state index in [1.807, 2.05) is 0 Å². The second-order valence-corrected chi connectivity index (χ2v) is 15.6. The zero-order valence-electron chi connectivity index (χ0n) is 11.0. The summed E-state index contributed by atoms with van der Waals surface area (Å²) in [6.07, 6.45) is 9.70. The fraction of sp³-hybridized carbons (Fsp3) is 0.923. The molecule has 3 heteroatoms. The third-order valence-corrected chi connectivity index (χ3v) is 7.68. The molecule has 2 rings (SSSR count). The maximum atomic E-state index is 4.99. The Hall–Kier alpha value is 0.237. The summed E-state index contributed by atoms with van der Waals surface area (Å²) in [5.41, 5.74) is 1.54. The smallest absolute Gasteiger partial charge is 0.109 e. The fourth-order valence-electron chi connectivity index (χ4n) is 2.42. The quantitative estimate of drug-likeness (QED) is 0.534. The van der Waals surface area contributed by atoms with Gasteiger partial charge in [-0.15, -0.1) is 0 Å². The molecule has 0 aromatic carbocycles. The molecule has 0 radical (unpaired) electrons. The molecule has 1 nitrogen and oxygen atoms in total. The first-order valence-corrected chi connectivity index (χ1v) is 11.9. The molecule has 0 aromatic rings. The van der Waals surface area contributed by atoms with Gasteiger partial charge in [0.15, 0.2) is 0 Å². The summed E-state index contributed by atoms with van der Waals surface area (Å²) < 4.78 is 0. The van der Waals surface area contributed by atoms with Crippen LogP contribution in [0.25, 0.3) is 0 Å². The molecule has 0 aromatic heterocycles. The molecule has 2 fully saturated rings. The Bertz CT molecular complexity index is 262. The number of aliphatic imine (C=N–C) groups is 1. The summed E-state index contributed by atoms with van der Waals surface area (Å²) in [5, 5.41) is 0.815. The topological polar surface area (TPSA) is 12.4 Å². The first kappa shape index (κ1) is 12.7. The van der Waals surface area contributed by atoms with Crippen LogP contribution in [0.4, 0.5) is 0 Å². The molecule has 0 N–H and O–H groups in total. The molecule has 0 heterocycles. The Labute approximate surface area is 105 Å². The Morgan fingerprint density at radius 3 is 2.25 bits per heavy atom. The van der Waals surface area contributed by atoms with E-state index in [0.717, 1.165) is 5.25 Å². The van der Waals surface area contributed by atoms with E-state index >= 15 is 0 Å². The molecule has 0 amide bonds. The third kappa shape index (κ3) is 4.25. The van der Waals surface area contributed by atoms with Gasteiger partial charge < -0.3 is 0 Å². The summed E-state index contributed by atoms with van der Waals surface area (Å²) in [6.45, 7) is 7.33. The first-order chi connectivity index (χ1) is 7.54. The van der Waals surface area contributed by atoms with Crippen LogP contribution in [0.2, 0.25) is 19.6 Å². The van der Waals surface area contributed by atoms with E-state index in [4.69, 9.17) is 4.99 Å². The molecule has 0 aliphatic heterocycles. The van der Waals surface area contributed by atoms with Crippen LogP contribution < -0.4 is 0 Å². The van der Waals surface area contributed by atoms with Crippen molar-refractivity contribution in [1.82, 2.24) is 0 Å². The van der Waals surface area contributed by atoms with Gasteiger partial charge in [-0.1, -0.05) is 45.3 Å². The lowest BCUT2D eigenvalue weighted by Crippen LogP contribution is -2.15. The van der Waals surface area contributed by atoms with Crippen molar-refractivity contribution in [1.29, 1.82) is 0 Å². The van der Waals surface area contributed by atoms with E-state index in [-0.39, 0.29) is 0 Å². The highest BCUT2D eigenvalue weighted by atomic mass is 32.4. The molecule has 92 valence electrons. The molecule has 0 saturated heterocycles. The van der Waals surface area contributed by atoms with E-state index in [9.17, 15) is 0 Å². The minimum Gasteiger partial charge on any atom is -0.290 e. The minimum absolute atomic E-state index is 0.685. The Morgan fingerprint density at radius 1 is 1.06 bits per heavy atom. The van der Waals surface area contributed by atoms with Crippen molar-refractivity contribution >= 4 is 24.1 Å². The zero-order valence-corrected chi connectivity index (χ0v) is 12.8. The van der Waals surface area contributed by atoms with Gasteiger partial charge in [0.2, 0.25) is 0 Å². The van der Waals surface area contributed by atoms with E-state index in [1.54, 1.807) is 5.71 Å². The van der Waals surface area contributed by atoms with Gasteiger partial charge in [-0.05, 0) is 12.8 Å². The second-order valence-electron chi connectivity index (χ2n) is 6.19. The SMILES string of the molecule is C[Si](C)(C)SC1CC1=NC1CCCCCC1. The zero-order chi connectivity index (χ0) is 11.6. The highest BCUT2D eigenvalue weighted by molar-refractivity contribution is 8.29. The second kappa shape index (κ2) is 5.26. The van der Waals surface area contributed by atoms with Crippen molar-refractivity contribution in [2.24, 2.45) is 4.99 Å². The average Bonchev–Trinajstić information content (AvgIpc) is 2.89. The van der Waals surface area contributed by atoms with Crippen LogP contribution >= 0.6 is 11.2 Å². The Balaban J connectivity index is 1.80. The predicted molar refractivity (Wildman–Crippen MR) is 78.3 cm³/mol. The third-order valence-electron chi connectivity index (χ3n) is 3.27. The number of nitrogens with zero attached hydrogens (tertiary/aromatic N) is 1. The molecule has 0 spiro atoms. The molecular weight excluding hydrogens is 230 g/mol. The maximum Gasteiger partial charge on any atom is 0.109 e. The van der Waals surface area contributed by atoms with E-state index in [0.29, 0.717) is 6.04 Å². The number of rotatable bonds is 3. The normalized spacial score (nSPS) is 30.4.